The second kappa shape index (κ2) is 6.95. The van der Waals surface area contributed by atoms with E-state index in [4.69, 9.17) is 10.5 Å². The van der Waals surface area contributed by atoms with Crippen molar-refractivity contribution in [1.29, 1.82) is 0 Å². The van der Waals surface area contributed by atoms with E-state index in [1.807, 2.05) is 37.1 Å². The van der Waals surface area contributed by atoms with Crippen LogP contribution in [0, 0.1) is 24.2 Å². The van der Waals surface area contributed by atoms with Gasteiger partial charge in [0.1, 0.15) is 0 Å². The summed E-state index contributed by atoms with van der Waals surface area (Å²) >= 11 is 0. The Bertz CT molecular complexity index is 847. The number of aliphatic imine (C=N–C) groups is 2. The molecule has 1 aliphatic carbocycles. The predicted molar refractivity (Wildman–Crippen MR) is 109 cm³/mol. The van der Waals surface area contributed by atoms with Crippen LogP contribution in [-0.2, 0) is 0 Å². The zero-order valence-corrected chi connectivity index (χ0v) is 17.1. The Kier molecular flexibility index (Phi) is 4.73. The lowest BCUT2D eigenvalue weighted by Crippen LogP contribution is -2.54. The van der Waals surface area contributed by atoms with Crippen LogP contribution in [0.5, 0.6) is 5.75 Å². The number of rotatable bonds is 4. The number of fused-ring (bicyclic) bond motifs is 1. The van der Waals surface area contributed by atoms with Gasteiger partial charge in [-0.2, -0.15) is 0 Å². The average Bonchev–Trinajstić information content (AvgIpc) is 3.42. The largest absolute Gasteiger partial charge is 0.491 e. The number of carbonyl (C=O) groups excluding carboxylic acids is 1. The van der Waals surface area contributed by atoms with Gasteiger partial charge >= 0.3 is 0 Å². The first-order valence-electron chi connectivity index (χ1n) is 10.1. The van der Waals surface area contributed by atoms with Crippen molar-refractivity contribution >= 4 is 17.8 Å². The number of nitrogens with zero attached hydrogens (tertiary/aromatic N) is 4. The third-order valence-electron chi connectivity index (χ3n) is 5.96. The van der Waals surface area contributed by atoms with Crippen LogP contribution in [0.25, 0.3) is 0 Å². The maximum absolute atomic E-state index is 13.6. The quantitative estimate of drug-likeness (QED) is 0.864. The summed E-state index contributed by atoms with van der Waals surface area (Å²) < 4.78 is 5.70. The summed E-state index contributed by atoms with van der Waals surface area (Å²) in [6.45, 7) is 9.19. The Morgan fingerprint density at radius 1 is 1.32 bits per heavy atom. The van der Waals surface area contributed by atoms with Gasteiger partial charge < -0.3 is 9.64 Å². The fourth-order valence-corrected chi connectivity index (χ4v) is 4.39. The van der Waals surface area contributed by atoms with Crippen molar-refractivity contribution in [3.63, 3.8) is 0 Å². The number of hydrogen-bond acceptors (Lipinski definition) is 6. The number of aromatic nitrogens is 1. The Hall–Kier alpha value is -2.28. The number of likely N-dealkylation sites (tertiary alicyclic amines) is 1. The van der Waals surface area contributed by atoms with Crippen LogP contribution in [0.2, 0.25) is 0 Å². The van der Waals surface area contributed by atoms with E-state index in [9.17, 15) is 4.79 Å². The lowest BCUT2D eigenvalue weighted by atomic mass is 9.80. The van der Waals surface area contributed by atoms with Crippen LogP contribution in [0.3, 0.4) is 0 Å². The summed E-state index contributed by atoms with van der Waals surface area (Å²) in [6.07, 6.45) is 3.38. The molecule has 2 fully saturated rings. The first-order chi connectivity index (χ1) is 13.3. The van der Waals surface area contributed by atoms with E-state index >= 15 is 0 Å². The maximum atomic E-state index is 13.6. The van der Waals surface area contributed by atoms with Gasteiger partial charge in [0.25, 0.3) is 5.91 Å². The van der Waals surface area contributed by atoms with Gasteiger partial charge in [0, 0.05) is 29.6 Å². The molecule has 3 heterocycles. The highest BCUT2D eigenvalue weighted by molar-refractivity contribution is 6.09. The molecular weight excluding hydrogens is 354 g/mol. The molecule has 1 saturated carbocycles. The number of nitrogens with two attached hydrogens (primary N) is 1. The van der Waals surface area contributed by atoms with Crippen LogP contribution in [0.4, 0.5) is 0 Å². The van der Waals surface area contributed by atoms with Crippen molar-refractivity contribution in [2.75, 3.05) is 13.2 Å². The zero-order chi connectivity index (χ0) is 20.1. The van der Waals surface area contributed by atoms with Gasteiger partial charge in [-0.05, 0) is 64.5 Å². The molecule has 1 saturated heterocycles. The molecule has 4 unspecified atom stereocenters. The van der Waals surface area contributed by atoms with Crippen molar-refractivity contribution < 1.29 is 9.53 Å². The topological polar surface area (TPSA) is 93.2 Å². The molecule has 4 rings (SSSR count). The van der Waals surface area contributed by atoms with Crippen molar-refractivity contribution in [2.24, 2.45) is 33.0 Å². The average molecular weight is 383 g/mol. The molecule has 3 aliphatic rings. The van der Waals surface area contributed by atoms with Crippen LogP contribution in [-0.4, -0.2) is 53.2 Å². The molecule has 0 radical (unpaired) electrons. The molecular formula is C21H29N5O2. The van der Waals surface area contributed by atoms with Crippen molar-refractivity contribution in [3.8, 4) is 5.75 Å². The molecule has 0 spiro atoms. The Morgan fingerprint density at radius 3 is 2.86 bits per heavy atom. The summed E-state index contributed by atoms with van der Waals surface area (Å²) in [6, 6.07) is 3.62. The number of ether oxygens (including phenoxy) is 1. The Balaban J connectivity index is 1.71. The molecule has 0 bridgehead atoms. The Labute approximate surface area is 166 Å². The first kappa shape index (κ1) is 19.1. The van der Waals surface area contributed by atoms with Crippen molar-refractivity contribution in [3.05, 3.63) is 23.5 Å². The SMILES string of the molecule is CCOc1ccc(C)nc1C(=O)N1CC2CC2CC1C1=NC(N)N=CC1(C)C. The van der Waals surface area contributed by atoms with Crippen molar-refractivity contribution in [1.82, 2.24) is 9.88 Å². The standard InChI is InChI=1S/C21H29N5O2/c1-5-28-16-7-6-12(2)24-17(16)19(27)26-10-14-8-13(14)9-15(26)18-21(3,4)11-23-20(22)25-18/h6-7,11,13-15,20H,5,8-10,22H2,1-4H3. The number of aryl methyl sites for hydroxylation is 1. The molecule has 1 aromatic heterocycles. The fourth-order valence-electron chi connectivity index (χ4n) is 4.39. The lowest BCUT2D eigenvalue weighted by Gasteiger charge is -2.41. The summed E-state index contributed by atoms with van der Waals surface area (Å²) in [5.74, 6) is 1.70. The number of carbonyl (C=O) groups is 1. The lowest BCUT2D eigenvalue weighted by molar-refractivity contribution is 0.0654. The minimum Gasteiger partial charge on any atom is -0.491 e. The smallest absolute Gasteiger partial charge is 0.276 e. The van der Waals surface area contributed by atoms with Crippen LogP contribution in [0.15, 0.2) is 22.1 Å². The summed E-state index contributed by atoms with van der Waals surface area (Å²) in [5, 5.41) is 0. The summed E-state index contributed by atoms with van der Waals surface area (Å²) in [4.78, 5) is 29.0. The van der Waals surface area contributed by atoms with E-state index in [1.165, 1.54) is 6.42 Å². The number of pyridine rings is 1. The van der Waals surface area contributed by atoms with Gasteiger partial charge in [-0.1, -0.05) is 0 Å². The molecule has 7 heteroatoms. The van der Waals surface area contributed by atoms with Gasteiger partial charge in [-0.15, -0.1) is 0 Å². The van der Waals surface area contributed by atoms with Gasteiger partial charge in [-0.3, -0.25) is 15.5 Å². The highest BCUT2D eigenvalue weighted by atomic mass is 16.5. The predicted octanol–water partition coefficient (Wildman–Crippen LogP) is 2.43. The van der Waals surface area contributed by atoms with E-state index in [0.717, 1.165) is 24.4 Å². The molecule has 4 atom stereocenters. The molecule has 0 aromatic carbocycles. The zero-order valence-electron chi connectivity index (χ0n) is 17.1. The molecule has 1 amide bonds. The van der Waals surface area contributed by atoms with E-state index in [0.29, 0.717) is 29.9 Å². The van der Waals surface area contributed by atoms with Crippen LogP contribution >= 0.6 is 0 Å². The minimum absolute atomic E-state index is 0.0826. The molecule has 28 heavy (non-hydrogen) atoms. The number of hydrogen-bond donors (Lipinski definition) is 1. The highest BCUT2D eigenvalue weighted by Gasteiger charge is 2.51. The van der Waals surface area contributed by atoms with Crippen LogP contribution in [0.1, 0.15) is 49.8 Å². The van der Waals surface area contributed by atoms with Crippen LogP contribution < -0.4 is 10.5 Å². The fraction of sp³-hybridized carbons (Fsp3) is 0.619. The first-order valence-corrected chi connectivity index (χ1v) is 10.1. The second-order valence-corrected chi connectivity index (χ2v) is 8.63. The van der Waals surface area contributed by atoms with E-state index in [2.05, 4.69) is 28.8 Å². The van der Waals surface area contributed by atoms with Gasteiger partial charge in [0.15, 0.2) is 17.7 Å². The van der Waals surface area contributed by atoms with Gasteiger partial charge in [0.05, 0.1) is 12.6 Å². The maximum Gasteiger partial charge on any atom is 0.276 e. The molecule has 2 aliphatic heterocycles. The third-order valence-corrected chi connectivity index (χ3v) is 5.96. The van der Waals surface area contributed by atoms with Gasteiger partial charge in [-0.25, -0.2) is 9.98 Å². The van der Waals surface area contributed by atoms with Crippen molar-refractivity contribution in [2.45, 2.75) is 52.9 Å². The monoisotopic (exact) mass is 383 g/mol. The highest BCUT2D eigenvalue weighted by Crippen LogP contribution is 2.49. The van der Waals surface area contributed by atoms with Gasteiger partial charge in [0.2, 0.25) is 0 Å². The molecule has 2 N–H and O–H groups in total. The molecule has 1 aromatic rings. The van der Waals surface area contributed by atoms with E-state index < -0.39 is 6.29 Å². The Morgan fingerprint density at radius 2 is 2.11 bits per heavy atom. The van der Waals surface area contributed by atoms with E-state index in [1.54, 1.807) is 0 Å². The number of amides is 1. The van der Waals surface area contributed by atoms with E-state index in [-0.39, 0.29) is 17.4 Å². The molecule has 150 valence electrons. The third kappa shape index (κ3) is 3.43. The molecule has 7 nitrogen and oxygen atoms in total. The summed E-state index contributed by atoms with van der Waals surface area (Å²) in [5.41, 5.74) is 7.79. The second-order valence-electron chi connectivity index (χ2n) is 8.63. The minimum atomic E-state index is -0.590. The number of piperidine rings is 1. The normalized spacial score (nSPS) is 30.5. The summed E-state index contributed by atoms with van der Waals surface area (Å²) in [7, 11) is 0.